The molecule has 0 radical (unpaired) electrons. The van der Waals surface area contributed by atoms with Crippen LogP contribution in [0.1, 0.15) is 39.5 Å². The number of hydrogen-bond acceptors (Lipinski definition) is 3. The second-order valence-electron chi connectivity index (χ2n) is 4.84. The molecule has 0 aromatic carbocycles. The molecule has 82 valence electrons. The van der Waals surface area contributed by atoms with Gasteiger partial charge < -0.3 is 10.5 Å². The van der Waals surface area contributed by atoms with Gasteiger partial charge in [-0.3, -0.25) is 4.79 Å². The molecule has 2 N–H and O–H groups in total. The van der Waals surface area contributed by atoms with E-state index in [9.17, 15) is 4.79 Å². The quantitative estimate of drug-likeness (QED) is 0.746. The minimum atomic E-state index is -0.221. The van der Waals surface area contributed by atoms with Gasteiger partial charge in [-0.1, -0.05) is 0 Å². The minimum Gasteiger partial charge on any atom is -0.381 e. The third kappa shape index (κ3) is 4.20. The maximum atomic E-state index is 11.7. The zero-order valence-corrected chi connectivity index (χ0v) is 9.21. The van der Waals surface area contributed by atoms with Crippen LogP contribution in [0.3, 0.4) is 0 Å². The van der Waals surface area contributed by atoms with Gasteiger partial charge in [0.2, 0.25) is 0 Å². The highest BCUT2D eigenvalue weighted by Gasteiger charge is 2.22. The molecule has 0 atom stereocenters. The Balaban J connectivity index is 2.27. The lowest BCUT2D eigenvalue weighted by Gasteiger charge is -2.23. The fourth-order valence-corrected chi connectivity index (χ4v) is 1.67. The molecule has 1 rings (SSSR count). The van der Waals surface area contributed by atoms with Crippen molar-refractivity contribution < 1.29 is 9.53 Å². The van der Waals surface area contributed by atoms with E-state index in [2.05, 4.69) is 0 Å². The van der Waals surface area contributed by atoms with E-state index in [1.54, 1.807) is 0 Å². The molecule has 14 heavy (non-hydrogen) atoms. The van der Waals surface area contributed by atoms with Crippen molar-refractivity contribution in [1.29, 1.82) is 0 Å². The first-order valence-corrected chi connectivity index (χ1v) is 5.38. The highest BCUT2D eigenvalue weighted by Crippen LogP contribution is 2.19. The summed E-state index contributed by atoms with van der Waals surface area (Å²) in [6, 6.07) is 0. The number of hydrogen-bond donors (Lipinski definition) is 1. The van der Waals surface area contributed by atoms with Crippen molar-refractivity contribution in [3.8, 4) is 0 Å². The molecular formula is C11H21NO2. The Bertz CT molecular complexity index is 190. The predicted molar refractivity (Wildman–Crippen MR) is 56.1 cm³/mol. The summed E-state index contributed by atoms with van der Waals surface area (Å²) in [5.74, 6) is 0.595. The molecular weight excluding hydrogens is 178 g/mol. The van der Waals surface area contributed by atoms with Crippen molar-refractivity contribution in [2.75, 3.05) is 13.2 Å². The third-order valence-corrected chi connectivity index (χ3v) is 2.69. The van der Waals surface area contributed by atoms with Crippen LogP contribution in [0.25, 0.3) is 0 Å². The van der Waals surface area contributed by atoms with Gasteiger partial charge in [-0.25, -0.2) is 0 Å². The van der Waals surface area contributed by atoms with Gasteiger partial charge in [0.15, 0.2) is 0 Å². The van der Waals surface area contributed by atoms with Crippen molar-refractivity contribution >= 4 is 5.78 Å². The number of carbonyl (C=O) groups excluding carboxylic acids is 1. The fraction of sp³-hybridized carbons (Fsp3) is 0.909. The molecule has 0 bridgehead atoms. The minimum absolute atomic E-state index is 0.221. The summed E-state index contributed by atoms with van der Waals surface area (Å²) in [4.78, 5) is 11.7. The zero-order valence-electron chi connectivity index (χ0n) is 9.21. The van der Waals surface area contributed by atoms with Crippen LogP contribution in [0.2, 0.25) is 0 Å². The Morgan fingerprint density at radius 2 is 2.00 bits per heavy atom. The summed E-state index contributed by atoms with van der Waals surface area (Å²) in [7, 11) is 0. The van der Waals surface area contributed by atoms with E-state index < -0.39 is 0 Å². The van der Waals surface area contributed by atoms with Crippen LogP contribution in [0.5, 0.6) is 0 Å². The molecule has 1 fully saturated rings. The average molecular weight is 199 g/mol. The van der Waals surface area contributed by atoms with Crippen molar-refractivity contribution in [3.63, 3.8) is 0 Å². The van der Waals surface area contributed by atoms with Gasteiger partial charge in [0.05, 0.1) is 0 Å². The maximum absolute atomic E-state index is 11.7. The standard InChI is InChI=1S/C11H21NO2/c1-11(2,12)6-3-10(13)9-4-7-14-8-5-9/h9H,3-8,12H2,1-2H3. The number of Topliss-reactive ketones (excluding diaryl/α,β-unsaturated/α-hetero) is 1. The molecule has 0 aromatic heterocycles. The van der Waals surface area contributed by atoms with Crippen molar-refractivity contribution in [1.82, 2.24) is 0 Å². The Labute approximate surface area is 86.0 Å². The smallest absolute Gasteiger partial charge is 0.136 e. The first kappa shape index (κ1) is 11.7. The van der Waals surface area contributed by atoms with Crippen LogP contribution >= 0.6 is 0 Å². The molecule has 0 amide bonds. The molecule has 3 heteroatoms. The molecule has 0 spiro atoms. The number of nitrogens with two attached hydrogens (primary N) is 1. The lowest BCUT2D eigenvalue weighted by molar-refractivity contribution is -0.126. The van der Waals surface area contributed by atoms with Gasteiger partial charge in [0, 0.05) is 31.1 Å². The Kier molecular flexibility index (Phi) is 4.08. The fourth-order valence-electron chi connectivity index (χ4n) is 1.67. The largest absolute Gasteiger partial charge is 0.381 e. The number of rotatable bonds is 4. The lowest BCUT2D eigenvalue weighted by atomic mass is 9.89. The Hall–Kier alpha value is -0.410. The second kappa shape index (κ2) is 4.89. The van der Waals surface area contributed by atoms with Crippen LogP contribution in [0.4, 0.5) is 0 Å². The van der Waals surface area contributed by atoms with Crippen molar-refractivity contribution in [2.24, 2.45) is 11.7 Å². The molecule has 3 nitrogen and oxygen atoms in total. The molecule has 0 saturated carbocycles. The van der Waals surface area contributed by atoms with Crippen molar-refractivity contribution in [2.45, 2.75) is 45.1 Å². The Morgan fingerprint density at radius 1 is 1.43 bits per heavy atom. The summed E-state index contributed by atoms with van der Waals surface area (Å²) >= 11 is 0. The first-order valence-electron chi connectivity index (χ1n) is 5.38. The lowest BCUT2D eigenvalue weighted by Crippen LogP contribution is -2.33. The SMILES string of the molecule is CC(C)(N)CCC(=O)C1CCOCC1. The van der Waals surface area contributed by atoms with Crippen LogP contribution in [-0.4, -0.2) is 24.5 Å². The van der Waals surface area contributed by atoms with Crippen LogP contribution in [0, 0.1) is 5.92 Å². The summed E-state index contributed by atoms with van der Waals surface area (Å²) in [5, 5.41) is 0. The summed E-state index contributed by atoms with van der Waals surface area (Å²) in [6.07, 6.45) is 3.19. The van der Waals surface area contributed by atoms with E-state index in [0.29, 0.717) is 12.2 Å². The molecule has 1 aliphatic rings. The monoisotopic (exact) mass is 199 g/mol. The van der Waals surface area contributed by atoms with Crippen LogP contribution in [0.15, 0.2) is 0 Å². The third-order valence-electron chi connectivity index (χ3n) is 2.69. The van der Waals surface area contributed by atoms with Gasteiger partial charge >= 0.3 is 0 Å². The average Bonchev–Trinajstić information content (AvgIpc) is 2.14. The number of ketones is 1. The molecule has 1 saturated heterocycles. The first-order chi connectivity index (χ1) is 6.49. The predicted octanol–water partition coefficient (Wildman–Crippen LogP) is 1.50. The van der Waals surface area contributed by atoms with Gasteiger partial charge in [0.25, 0.3) is 0 Å². The van der Waals surface area contributed by atoms with Crippen LogP contribution < -0.4 is 5.73 Å². The van der Waals surface area contributed by atoms with E-state index >= 15 is 0 Å². The number of carbonyl (C=O) groups is 1. The topological polar surface area (TPSA) is 52.3 Å². The summed E-state index contributed by atoms with van der Waals surface area (Å²) < 4.78 is 5.22. The number of ether oxygens (including phenoxy) is 1. The second-order valence-corrected chi connectivity index (χ2v) is 4.84. The highest BCUT2D eigenvalue weighted by molar-refractivity contribution is 5.81. The summed E-state index contributed by atoms with van der Waals surface area (Å²) in [5.41, 5.74) is 5.61. The van der Waals surface area contributed by atoms with E-state index in [4.69, 9.17) is 10.5 Å². The maximum Gasteiger partial charge on any atom is 0.136 e. The molecule has 0 unspecified atom stereocenters. The molecule has 1 heterocycles. The van der Waals surface area contributed by atoms with Gasteiger partial charge in [-0.15, -0.1) is 0 Å². The normalized spacial score (nSPS) is 19.6. The summed E-state index contributed by atoms with van der Waals surface area (Å²) in [6.45, 7) is 5.40. The molecule has 0 aliphatic carbocycles. The van der Waals surface area contributed by atoms with Crippen LogP contribution in [-0.2, 0) is 9.53 Å². The van der Waals surface area contributed by atoms with Gasteiger partial charge in [0.1, 0.15) is 5.78 Å². The van der Waals surface area contributed by atoms with E-state index in [1.807, 2.05) is 13.8 Å². The van der Waals surface area contributed by atoms with E-state index in [-0.39, 0.29) is 11.5 Å². The zero-order chi connectivity index (χ0) is 10.6. The molecule has 1 aliphatic heterocycles. The molecule has 0 aromatic rings. The van der Waals surface area contributed by atoms with E-state index in [1.165, 1.54) is 0 Å². The van der Waals surface area contributed by atoms with Crippen molar-refractivity contribution in [3.05, 3.63) is 0 Å². The Morgan fingerprint density at radius 3 is 2.50 bits per heavy atom. The highest BCUT2D eigenvalue weighted by atomic mass is 16.5. The van der Waals surface area contributed by atoms with E-state index in [0.717, 1.165) is 32.5 Å². The van der Waals surface area contributed by atoms with Gasteiger partial charge in [-0.2, -0.15) is 0 Å². The van der Waals surface area contributed by atoms with Gasteiger partial charge in [-0.05, 0) is 33.1 Å².